The molecule has 36 heavy (non-hydrogen) atoms. The molecule has 2 N–H and O–H groups in total. The van der Waals surface area contributed by atoms with Crippen LogP contribution in [0.1, 0.15) is 53.4 Å². The molecule has 2 aliphatic rings. The van der Waals surface area contributed by atoms with Gasteiger partial charge in [0.05, 0.1) is 16.6 Å². The summed E-state index contributed by atoms with van der Waals surface area (Å²) >= 11 is 6.92. The molecule has 0 aliphatic heterocycles. The van der Waals surface area contributed by atoms with Crippen molar-refractivity contribution in [3.05, 3.63) is 88.2 Å². The van der Waals surface area contributed by atoms with E-state index >= 15 is 0 Å². The number of fused-ring (bicyclic) bond motifs is 2. The second-order valence-corrected chi connectivity index (χ2v) is 11.0. The number of pyridine rings is 2. The van der Waals surface area contributed by atoms with Crippen LogP contribution in [0.2, 0.25) is 5.02 Å². The van der Waals surface area contributed by atoms with Gasteiger partial charge in [-0.25, -0.2) is 4.98 Å². The number of aryl methyl sites for hydroxylation is 1. The van der Waals surface area contributed by atoms with Crippen LogP contribution in [-0.2, 0) is 12.0 Å². The number of carbonyl (C=O) groups excluding carboxylic acids is 1. The van der Waals surface area contributed by atoms with Crippen LogP contribution in [0, 0.1) is 18.8 Å². The number of hydrogen-bond acceptors (Lipinski definition) is 4. The Morgan fingerprint density at radius 1 is 1.14 bits per heavy atom. The fourth-order valence-corrected chi connectivity index (χ4v) is 6.40. The summed E-state index contributed by atoms with van der Waals surface area (Å²) in [5, 5.41) is 1.29. The standard InChI is InChI=1S/C30H28ClN3O2/c1-17-10-22(30(2)14-19-11-20(19)15-30)23(31)12-21(17)25-13-26(36-16-18-6-4-3-5-7-18)27-24(34-25)8-9-33-28(27)29(32)35/h3-10,12-13,19-20H,11,14-16H2,1-2H3,(H2,32,35). The number of nitrogens with two attached hydrogens (primary N) is 1. The van der Waals surface area contributed by atoms with Gasteiger partial charge in [0, 0.05) is 22.8 Å². The highest BCUT2D eigenvalue weighted by atomic mass is 35.5. The van der Waals surface area contributed by atoms with Crippen molar-refractivity contribution >= 4 is 28.4 Å². The highest BCUT2D eigenvalue weighted by molar-refractivity contribution is 6.31. The number of carbonyl (C=O) groups is 1. The summed E-state index contributed by atoms with van der Waals surface area (Å²) in [4.78, 5) is 21.3. The van der Waals surface area contributed by atoms with Crippen molar-refractivity contribution in [1.29, 1.82) is 0 Å². The van der Waals surface area contributed by atoms with E-state index in [1.807, 2.05) is 42.5 Å². The van der Waals surface area contributed by atoms with Gasteiger partial charge in [-0.05, 0) is 72.3 Å². The molecule has 0 saturated heterocycles. The van der Waals surface area contributed by atoms with Gasteiger partial charge in [-0.3, -0.25) is 9.78 Å². The first kappa shape index (κ1) is 23.0. The van der Waals surface area contributed by atoms with Crippen LogP contribution in [0.4, 0.5) is 0 Å². The summed E-state index contributed by atoms with van der Waals surface area (Å²) in [6.07, 6.45) is 5.35. The average Bonchev–Trinajstić information content (AvgIpc) is 3.49. The lowest BCUT2D eigenvalue weighted by Crippen LogP contribution is -2.20. The van der Waals surface area contributed by atoms with E-state index < -0.39 is 5.91 Å². The van der Waals surface area contributed by atoms with E-state index in [9.17, 15) is 4.79 Å². The SMILES string of the molecule is Cc1cc(C2(C)CC3CC3C2)c(Cl)cc1-c1cc(OCc2ccccc2)c2c(C(N)=O)nccc2n1. The first-order valence-corrected chi connectivity index (χ1v) is 12.8. The molecule has 0 spiro atoms. The Bertz CT molecular complexity index is 1490. The molecule has 182 valence electrons. The molecule has 0 radical (unpaired) electrons. The molecule has 2 atom stereocenters. The van der Waals surface area contributed by atoms with Gasteiger partial charge in [-0.1, -0.05) is 54.9 Å². The van der Waals surface area contributed by atoms with Crippen molar-refractivity contribution < 1.29 is 9.53 Å². The largest absolute Gasteiger partial charge is 0.488 e. The number of primary amides is 1. The predicted octanol–water partition coefficient (Wildman–Crippen LogP) is 6.62. The molecule has 0 bridgehead atoms. The van der Waals surface area contributed by atoms with E-state index in [0.29, 0.717) is 23.3 Å². The molecule has 2 fully saturated rings. The molecule has 2 aromatic heterocycles. The highest BCUT2D eigenvalue weighted by Crippen LogP contribution is 2.61. The maximum atomic E-state index is 12.2. The minimum absolute atomic E-state index is 0.136. The van der Waals surface area contributed by atoms with Gasteiger partial charge in [-0.15, -0.1) is 0 Å². The van der Waals surface area contributed by atoms with Gasteiger partial charge in [-0.2, -0.15) is 0 Å². The van der Waals surface area contributed by atoms with Gasteiger partial charge in [0.15, 0.2) is 0 Å². The Morgan fingerprint density at radius 3 is 2.61 bits per heavy atom. The van der Waals surface area contributed by atoms with Crippen molar-refractivity contribution in [2.24, 2.45) is 17.6 Å². The van der Waals surface area contributed by atoms with Gasteiger partial charge in [0.25, 0.3) is 5.91 Å². The fraction of sp³-hybridized carbons (Fsp3) is 0.300. The summed E-state index contributed by atoms with van der Waals surface area (Å²) in [6, 6.07) is 17.8. The zero-order valence-electron chi connectivity index (χ0n) is 20.4. The van der Waals surface area contributed by atoms with Crippen LogP contribution in [0.5, 0.6) is 5.75 Å². The van der Waals surface area contributed by atoms with Gasteiger partial charge in [0.2, 0.25) is 0 Å². The average molecular weight is 498 g/mol. The van der Waals surface area contributed by atoms with Crippen LogP contribution in [0.25, 0.3) is 22.2 Å². The summed E-state index contributed by atoms with van der Waals surface area (Å²) in [7, 11) is 0. The second kappa shape index (κ2) is 8.59. The smallest absolute Gasteiger partial charge is 0.268 e. The third-order valence-corrected chi connectivity index (χ3v) is 8.20. The highest BCUT2D eigenvalue weighted by Gasteiger charge is 2.52. The number of halogens is 1. The third kappa shape index (κ3) is 4.01. The van der Waals surface area contributed by atoms with Crippen LogP contribution < -0.4 is 10.5 Å². The number of ether oxygens (including phenoxy) is 1. The first-order chi connectivity index (χ1) is 17.3. The van der Waals surface area contributed by atoms with Gasteiger partial charge < -0.3 is 10.5 Å². The van der Waals surface area contributed by atoms with Gasteiger partial charge in [0.1, 0.15) is 18.1 Å². The number of aromatic nitrogens is 2. The Labute approximate surface area is 215 Å². The second-order valence-electron chi connectivity index (χ2n) is 10.6. The van der Waals surface area contributed by atoms with E-state index in [4.69, 9.17) is 27.1 Å². The first-order valence-electron chi connectivity index (χ1n) is 12.4. The zero-order chi connectivity index (χ0) is 25.0. The Kier molecular flexibility index (Phi) is 5.49. The lowest BCUT2D eigenvalue weighted by molar-refractivity contribution is 0.0997. The molecule has 2 aliphatic carbocycles. The van der Waals surface area contributed by atoms with E-state index in [0.717, 1.165) is 39.2 Å². The molecule has 2 saturated carbocycles. The summed E-state index contributed by atoms with van der Waals surface area (Å²) in [5.41, 5.74) is 11.6. The molecule has 4 aromatic rings. The quantitative estimate of drug-likeness (QED) is 0.324. The van der Waals surface area contributed by atoms with E-state index in [1.165, 1.54) is 24.8 Å². The molecular weight excluding hydrogens is 470 g/mol. The number of rotatable bonds is 6. The van der Waals surface area contributed by atoms with Crippen molar-refractivity contribution in [2.75, 3.05) is 0 Å². The fourth-order valence-electron chi connectivity index (χ4n) is 6.01. The Balaban J connectivity index is 1.45. The summed E-state index contributed by atoms with van der Waals surface area (Å²) in [5.74, 6) is 1.63. The predicted molar refractivity (Wildman–Crippen MR) is 142 cm³/mol. The van der Waals surface area contributed by atoms with Crippen molar-refractivity contribution in [1.82, 2.24) is 9.97 Å². The van der Waals surface area contributed by atoms with Crippen molar-refractivity contribution in [3.8, 4) is 17.0 Å². The van der Waals surface area contributed by atoms with E-state index in [-0.39, 0.29) is 11.1 Å². The molecule has 5 nitrogen and oxygen atoms in total. The zero-order valence-corrected chi connectivity index (χ0v) is 21.2. The van der Waals surface area contributed by atoms with Gasteiger partial charge >= 0.3 is 0 Å². The molecule has 2 heterocycles. The molecule has 6 rings (SSSR count). The van der Waals surface area contributed by atoms with Crippen LogP contribution in [0.15, 0.2) is 60.8 Å². The number of benzene rings is 2. The minimum atomic E-state index is -0.619. The number of hydrogen-bond donors (Lipinski definition) is 1. The lowest BCUT2D eigenvalue weighted by atomic mass is 9.77. The van der Waals surface area contributed by atoms with Crippen LogP contribution >= 0.6 is 11.6 Å². The Hall–Kier alpha value is -3.44. The molecular formula is C30H28ClN3O2. The lowest BCUT2D eigenvalue weighted by Gasteiger charge is -2.28. The maximum absolute atomic E-state index is 12.2. The topological polar surface area (TPSA) is 78.1 Å². The van der Waals surface area contributed by atoms with Crippen LogP contribution in [-0.4, -0.2) is 15.9 Å². The van der Waals surface area contributed by atoms with Crippen molar-refractivity contribution in [3.63, 3.8) is 0 Å². The normalized spacial score (nSPS) is 22.4. The maximum Gasteiger partial charge on any atom is 0.268 e. The summed E-state index contributed by atoms with van der Waals surface area (Å²) < 4.78 is 6.25. The van der Waals surface area contributed by atoms with Crippen LogP contribution in [0.3, 0.4) is 0 Å². The number of amides is 1. The van der Waals surface area contributed by atoms with Crippen molar-refractivity contribution in [2.45, 2.75) is 45.1 Å². The summed E-state index contributed by atoms with van der Waals surface area (Å²) in [6.45, 7) is 4.79. The Morgan fingerprint density at radius 2 is 1.89 bits per heavy atom. The minimum Gasteiger partial charge on any atom is -0.488 e. The monoisotopic (exact) mass is 497 g/mol. The molecule has 6 heteroatoms. The van der Waals surface area contributed by atoms with E-state index in [2.05, 4.69) is 24.9 Å². The van der Waals surface area contributed by atoms with E-state index in [1.54, 1.807) is 12.3 Å². The number of nitrogens with zero attached hydrogens (tertiary/aromatic N) is 2. The third-order valence-electron chi connectivity index (χ3n) is 7.89. The molecule has 2 unspecified atom stereocenters. The molecule has 1 amide bonds. The molecule has 2 aromatic carbocycles.